The van der Waals surface area contributed by atoms with Gasteiger partial charge in [-0.25, -0.2) is 4.79 Å². The lowest BCUT2D eigenvalue weighted by molar-refractivity contribution is -0.116. The van der Waals surface area contributed by atoms with Crippen LogP contribution in [0.15, 0.2) is 47.3 Å². The molecule has 8 nitrogen and oxygen atoms in total. The molecular formula is C23H24N4O4. The number of para-hydroxylation sites is 1. The molecule has 5 rings (SSSR count). The van der Waals surface area contributed by atoms with Gasteiger partial charge in [-0.1, -0.05) is 19.1 Å². The van der Waals surface area contributed by atoms with Gasteiger partial charge in [0.1, 0.15) is 12.4 Å². The highest BCUT2D eigenvalue weighted by Crippen LogP contribution is 2.34. The zero-order valence-electron chi connectivity index (χ0n) is 17.3. The number of anilines is 2. The Morgan fingerprint density at radius 2 is 2.03 bits per heavy atom. The maximum Gasteiger partial charge on any atom is 0.350 e. The minimum Gasteiger partial charge on any atom is -0.454 e. The van der Waals surface area contributed by atoms with E-state index >= 15 is 0 Å². The summed E-state index contributed by atoms with van der Waals surface area (Å²) in [5, 5.41) is 3.70. The van der Waals surface area contributed by atoms with Crippen LogP contribution in [0.5, 0.6) is 11.5 Å². The molecule has 1 amide bonds. The fraction of sp³-hybridized carbons (Fsp3) is 0.348. The topological polar surface area (TPSA) is 85.7 Å². The maximum absolute atomic E-state index is 12.9. The van der Waals surface area contributed by atoms with Gasteiger partial charge in [0.2, 0.25) is 12.7 Å². The fourth-order valence-corrected chi connectivity index (χ4v) is 4.31. The lowest BCUT2D eigenvalue weighted by Crippen LogP contribution is -2.38. The zero-order valence-corrected chi connectivity index (χ0v) is 17.3. The number of hydrogen-bond donors (Lipinski definition) is 1. The molecule has 2 aromatic carbocycles. The van der Waals surface area contributed by atoms with Gasteiger partial charge in [0.05, 0.1) is 5.52 Å². The smallest absolute Gasteiger partial charge is 0.350 e. The Labute approximate surface area is 179 Å². The first-order chi connectivity index (χ1) is 15.1. The number of piperidine rings is 1. The molecule has 1 aromatic heterocycles. The molecule has 0 radical (unpaired) electrons. The monoisotopic (exact) mass is 420 g/mol. The van der Waals surface area contributed by atoms with Gasteiger partial charge >= 0.3 is 5.69 Å². The van der Waals surface area contributed by atoms with Gasteiger partial charge in [0.15, 0.2) is 11.5 Å². The van der Waals surface area contributed by atoms with Crippen LogP contribution in [0.1, 0.15) is 19.8 Å². The van der Waals surface area contributed by atoms with Crippen molar-refractivity contribution in [2.24, 2.45) is 5.92 Å². The molecule has 3 aromatic rings. The third kappa shape index (κ3) is 3.81. The molecule has 1 fully saturated rings. The van der Waals surface area contributed by atoms with Crippen molar-refractivity contribution in [3.63, 3.8) is 0 Å². The second-order valence-corrected chi connectivity index (χ2v) is 8.13. The Bertz CT molecular complexity index is 1210. The van der Waals surface area contributed by atoms with Gasteiger partial charge in [-0.3, -0.25) is 9.36 Å². The summed E-state index contributed by atoms with van der Waals surface area (Å²) in [6.07, 6.45) is 2.27. The van der Waals surface area contributed by atoms with Crippen molar-refractivity contribution in [3.05, 3.63) is 52.9 Å². The molecule has 1 N–H and O–H groups in total. The molecule has 0 bridgehead atoms. The van der Waals surface area contributed by atoms with Crippen molar-refractivity contribution in [1.82, 2.24) is 9.55 Å². The summed E-state index contributed by atoms with van der Waals surface area (Å²) in [5.41, 5.74) is 0.864. The average Bonchev–Trinajstić information content (AvgIpc) is 3.23. The third-order valence-electron chi connectivity index (χ3n) is 5.78. The van der Waals surface area contributed by atoms with Crippen molar-refractivity contribution in [1.29, 1.82) is 0 Å². The van der Waals surface area contributed by atoms with Gasteiger partial charge in [0, 0.05) is 30.2 Å². The number of rotatable bonds is 4. The van der Waals surface area contributed by atoms with Crippen LogP contribution in [-0.4, -0.2) is 35.3 Å². The van der Waals surface area contributed by atoms with E-state index < -0.39 is 5.69 Å². The maximum atomic E-state index is 12.9. The Kier molecular flexibility index (Phi) is 4.97. The van der Waals surface area contributed by atoms with Gasteiger partial charge in [-0.15, -0.1) is 0 Å². The van der Waals surface area contributed by atoms with Gasteiger partial charge in [0.25, 0.3) is 0 Å². The minimum absolute atomic E-state index is 0.128. The normalized spacial score (nSPS) is 17.7. The van der Waals surface area contributed by atoms with Crippen LogP contribution < -0.4 is 25.4 Å². The molecule has 0 saturated carbocycles. The van der Waals surface area contributed by atoms with Crippen molar-refractivity contribution >= 4 is 28.3 Å². The number of nitrogens with zero attached hydrogens (tertiary/aromatic N) is 3. The average molecular weight is 420 g/mol. The van der Waals surface area contributed by atoms with E-state index in [0.717, 1.165) is 24.9 Å². The molecule has 160 valence electrons. The summed E-state index contributed by atoms with van der Waals surface area (Å²) in [4.78, 5) is 32.2. The minimum atomic E-state index is -0.423. The zero-order chi connectivity index (χ0) is 21.4. The molecule has 1 atom stereocenters. The van der Waals surface area contributed by atoms with Crippen LogP contribution in [0.25, 0.3) is 10.9 Å². The molecule has 2 aliphatic rings. The van der Waals surface area contributed by atoms with Gasteiger partial charge in [-0.2, -0.15) is 4.98 Å². The van der Waals surface area contributed by atoms with E-state index in [9.17, 15) is 9.59 Å². The lowest BCUT2D eigenvalue weighted by atomic mass is 10.00. The van der Waals surface area contributed by atoms with Gasteiger partial charge in [-0.05, 0) is 43.0 Å². The summed E-state index contributed by atoms with van der Waals surface area (Å²) in [6, 6.07) is 12.8. The quantitative estimate of drug-likeness (QED) is 0.698. The van der Waals surface area contributed by atoms with E-state index in [1.807, 2.05) is 24.3 Å². The van der Waals surface area contributed by atoms with E-state index in [1.165, 1.54) is 11.0 Å². The predicted octanol–water partition coefficient (Wildman–Crippen LogP) is 3.00. The first-order valence-electron chi connectivity index (χ1n) is 10.5. The second kappa shape index (κ2) is 7.94. The highest BCUT2D eigenvalue weighted by molar-refractivity contribution is 5.94. The molecule has 2 aliphatic heterocycles. The molecule has 8 heteroatoms. The van der Waals surface area contributed by atoms with Crippen LogP contribution >= 0.6 is 0 Å². The van der Waals surface area contributed by atoms with E-state index in [0.29, 0.717) is 34.4 Å². The van der Waals surface area contributed by atoms with E-state index in [2.05, 4.69) is 22.1 Å². The third-order valence-corrected chi connectivity index (χ3v) is 5.78. The van der Waals surface area contributed by atoms with Crippen molar-refractivity contribution in [2.75, 3.05) is 30.1 Å². The Balaban J connectivity index is 1.43. The van der Waals surface area contributed by atoms with E-state index in [1.54, 1.807) is 18.2 Å². The van der Waals surface area contributed by atoms with E-state index in [4.69, 9.17) is 9.47 Å². The first-order valence-corrected chi connectivity index (χ1v) is 10.5. The van der Waals surface area contributed by atoms with Gasteiger partial charge < -0.3 is 19.7 Å². The summed E-state index contributed by atoms with van der Waals surface area (Å²) in [5.74, 6) is 2.19. The Hall–Kier alpha value is -3.55. The Morgan fingerprint density at radius 3 is 2.90 bits per heavy atom. The number of hydrogen-bond acceptors (Lipinski definition) is 6. The summed E-state index contributed by atoms with van der Waals surface area (Å²) in [7, 11) is 0. The highest BCUT2D eigenvalue weighted by atomic mass is 16.7. The molecule has 1 saturated heterocycles. The van der Waals surface area contributed by atoms with Crippen LogP contribution in [0.4, 0.5) is 11.5 Å². The number of ether oxygens (including phenoxy) is 2. The second-order valence-electron chi connectivity index (χ2n) is 8.13. The predicted molar refractivity (Wildman–Crippen MR) is 118 cm³/mol. The van der Waals surface area contributed by atoms with Crippen molar-refractivity contribution < 1.29 is 14.3 Å². The van der Waals surface area contributed by atoms with E-state index in [-0.39, 0.29) is 19.2 Å². The van der Waals surface area contributed by atoms with Crippen LogP contribution in [0.2, 0.25) is 0 Å². The fourth-order valence-electron chi connectivity index (χ4n) is 4.31. The molecule has 0 aliphatic carbocycles. The van der Waals surface area contributed by atoms with Crippen molar-refractivity contribution in [3.8, 4) is 11.5 Å². The number of aromatic nitrogens is 2. The first kappa shape index (κ1) is 19.4. The van der Waals surface area contributed by atoms with Crippen LogP contribution in [0, 0.1) is 5.92 Å². The number of nitrogens with one attached hydrogen (secondary N) is 1. The molecule has 0 unspecified atom stereocenters. The summed E-state index contributed by atoms with van der Waals surface area (Å²) in [6.45, 7) is 4.02. The van der Waals surface area contributed by atoms with Crippen LogP contribution in [-0.2, 0) is 11.3 Å². The number of fused-ring (bicyclic) bond motifs is 2. The lowest BCUT2D eigenvalue weighted by Gasteiger charge is -2.32. The Morgan fingerprint density at radius 1 is 1.19 bits per heavy atom. The standard InChI is InChI=1S/C23H24N4O4/c1-15-5-4-10-26(12-15)22-17-6-2-3-7-18(17)27(23(29)25-22)13-21(28)24-16-8-9-19-20(11-16)31-14-30-19/h2-3,6-9,11,15H,4-5,10,12-14H2,1H3,(H,24,28)/t15-/m0/s1. The highest BCUT2D eigenvalue weighted by Gasteiger charge is 2.22. The number of amides is 1. The molecular weight excluding hydrogens is 396 g/mol. The van der Waals surface area contributed by atoms with Crippen LogP contribution in [0.3, 0.4) is 0 Å². The number of carbonyl (C=O) groups excluding carboxylic acids is 1. The largest absolute Gasteiger partial charge is 0.454 e. The molecule has 3 heterocycles. The molecule has 31 heavy (non-hydrogen) atoms. The summed E-state index contributed by atoms with van der Waals surface area (Å²) >= 11 is 0. The summed E-state index contributed by atoms with van der Waals surface area (Å²) < 4.78 is 12.1. The molecule has 0 spiro atoms. The SMILES string of the molecule is C[C@H]1CCCN(c2nc(=O)n(CC(=O)Nc3ccc4c(c3)OCO4)c3ccccc23)C1. The number of carbonyl (C=O) groups is 1. The number of benzene rings is 2. The van der Waals surface area contributed by atoms with Crippen molar-refractivity contribution in [2.45, 2.75) is 26.3 Å².